The Labute approximate surface area is 83.7 Å². The van der Waals surface area contributed by atoms with Crippen LogP contribution in [0.5, 0.6) is 0 Å². The summed E-state index contributed by atoms with van der Waals surface area (Å²) >= 11 is 1.78. The van der Waals surface area contributed by atoms with Gasteiger partial charge in [-0.25, -0.2) is 0 Å². The lowest BCUT2D eigenvalue weighted by molar-refractivity contribution is 0.632. The molecule has 2 rings (SSSR count). The van der Waals surface area contributed by atoms with E-state index >= 15 is 0 Å². The van der Waals surface area contributed by atoms with Crippen LogP contribution in [0.4, 0.5) is 0 Å². The Morgan fingerprint density at radius 1 is 1.46 bits per heavy atom. The minimum absolute atomic E-state index is 0.270. The largest absolute Gasteiger partial charge is 0.324 e. The van der Waals surface area contributed by atoms with Gasteiger partial charge in [0.05, 0.1) is 0 Å². The summed E-state index contributed by atoms with van der Waals surface area (Å²) in [6, 6.07) is 8.86. The van der Waals surface area contributed by atoms with Crippen LogP contribution in [0.15, 0.2) is 29.2 Å². The maximum atomic E-state index is 6.11. The lowest BCUT2D eigenvalue weighted by Gasteiger charge is -2.11. The molecule has 1 nitrogen and oxygen atoms in total. The van der Waals surface area contributed by atoms with E-state index in [0.29, 0.717) is 0 Å². The molecule has 1 aliphatic rings. The SMILES string of the molecule is CSc1cccc([C@H](N)C2CC2)c1. The molecule has 1 atom stereocenters. The fourth-order valence-electron chi connectivity index (χ4n) is 1.58. The van der Waals surface area contributed by atoms with Gasteiger partial charge >= 0.3 is 0 Å². The van der Waals surface area contributed by atoms with Gasteiger partial charge < -0.3 is 5.73 Å². The van der Waals surface area contributed by atoms with Crippen molar-refractivity contribution in [2.24, 2.45) is 11.7 Å². The van der Waals surface area contributed by atoms with Crippen molar-refractivity contribution >= 4 is 11.8 Å². The fourth-order valence-corrected chi connectivity index (χ4v) is 2.04. The van der Waals surface area contributed by atoms with Gasteiger partial charge in [0.1, 0.15) is 0 Å². The molecule has 1 aliphatic carbocycles. The summed E-state index contributed by atoms with van der Waals surface area (Å²) < 4.78 is 0. The molecule has 0 aliphatic heterocycles. The van der Waals surface area contributed by atoms with Crippen LogP contribution in [-0.2, 0) is 0 Å². The molecular formula is C11H15NS. The molecule has 1 saturated carbocycles. The predicted octanol–water partition coefficient (Wildman–Crippen LogP) is 2.82. The maximum Gasteiger partial charge on any atom is 0.0323 e. The summed E-state index contributed by atoms with van der Waals surface area (Å²) in [6.45, 7) is 0. The van der Waals surface area contributed by atoms with E-state index in [0.717, 1.165) is 5.92 Å². The molecule has 1 aromatic rings. The molecule has 1 fully saturated rings. The third kappa shape index (κ3) is 2.06. The zero-order chi connectivity index (χ0) is 9.26. The van der Waals surface area contributed by atoms with E-state index in [4.69, 9.17) is 5.73 Å². The summed E-state index contributed by atoms with van der Waals surface area (Å²) in [5.41, 5.74) is 7.41. The Kier molecular flexibility index (Phi) is 2.61. The second kappa shape index (κ2) is 3.72. The van der Waals surface area contributed by atoms with Gasteiger partial charge in [0.2, 0.25) is 0 Å². The Balaban J connectivity index is 2.18. The second-order valence-electron chi connectivity index (χ2n) is 3.64. The molecule has 0 bridgehead atoms. The molecule has 2 N–H and O–H groups in total. The van der Waals surface area contributed by atoms with Crippen LogP contribution in [0.2, 0.25) is 0 Å². The van der Waals surface area contributed by atoms with Crippen molar-refractivity contribution in [2.45, 2.75) is 23.8 Å². The van der Waals surface area contributed by atoms with Gasteiger partial charge in [-0.1, -0.05) is 12.1 Å². The second-order valence-corrected chi connectivity index (χ2v) is 4.52. The predicted molar refractivity (Wildman–Crippen MR) is 57.9 cm³/mol. The molecule has 2 heteroatoms. The minimum atomic E-state index is 0.270. The van der Waals surface area contributed by atoms with Crippen molar-refractivity contribution in [1.82, 2.24) is 0 Å². The average Bonchev–Trinajstić information content (AvgIpc) is 3.00. The molecular weight excluding hydrogens is 178 g/mol. The lowest BCUT2D eigenvalue weighted by atomic mass is 10.0. The molecule has 0 heterocycles. The topological polar surface area (TPSA) is 26.0 Å². The van der Waals surface area contributed by atoms with E-state index in [2.05, 4.69) is 30.5 Å². The molecule has 70 valence electrons. The molecule has 0 spiro atoms. The highest BCUT2D eigenvalue weighted by atomic mass is 32.2. The third-order valence-corrected chi connectivity index (χ3v) is 3.33. The number of benzene rings is 1. The fraction of sp³-hybridized carbons (Fsp3) is 0.455. The quantitative estimate of drug-likeness (QED) is 0.747. The van der Waals surface area contributed by atoms with Crippen molar-refractivity contribution in [3.8, 4) is 0 Å². The Bertz CT molecular complexity index is 294. The van der Waals surface area contributed by atoms with E-state index < -0.39 is 0 Å². The van der Waals surface area contributed by atoms with Crippen LogP contribution in [0.25, 0.3) is 0 Å². The Hall–Kier alpha value is -0.470. The molecule has 0 radical (unpaired) electrons. The number of thioether (sulfide) groups is 1. The summed E-state index contributed by atoms with van der Waals surface area (Å²) in [7, 11) is 0. The van der Waals surface area contributed by atoms with Gasteiger partial charge in [-0.15, -0.1) is 11.8 Å². The van der Waals surface area contributed by atoms with E-state index in [1.165, 1.54) is 23.3 Å². The van der Waals surface area contributed by atoms with Crippen LogP contribution in [0, 0.1) is 5.92 Å². The van der Waals surface area contributed by atoms with Gasteiger partial charge in [-0.05, 0) is 42.7 Å². The van der Waals surface area contributed by atoms with E-state index in [1.54, 1.807) is 11.8 Å². The van der Waals surface area contributed by atoms with Crippen LogP contribution in [-0.4, -0.2) is 6.26 Å². The van der Waals surface area contributed by atoms with Crippen LogP contribution < -0.4 is 5.73 Å². The first-order valence-corrected chi connectivity index (χ1v) is 5.93. The monoisotopic (exact) mass is 193 g/mol. The van der Waals surface area contributed by atoms with E-state index in [1.807, 2.05) is 0 Å². The molecule has 13 heavy (non-hydrogen) atoms. The van der Waals surface area contributed by atoms with Crippen molar-refractivity contribution in [3.63, 3.8) is 0 Å². The zero-order valence-electron chi connectivity index (χ0n) is 7.86. The zero-order valence-corrected chi connectivity index (χ0v) is 8.68. The molecule has 0 unspecified atom stereocenters. The average molecular weight is 193 g/mol. The highest BCUT2D eigenvalue weighted by molar-refractivity contribution is 7.98. The third-order valence-electron chi connectivity index (χ3n) is 2.61. The summed E-state index contributed by atoms with van der Waals surface area (Å²) in [6.07, 6.45) is 4.72. The number of rotatable bonds is 3. The van der Waals surface area contributed by atoms with Gasteiger partial charge in [0.15, 0.2) is 0 Å². The molecule has 0 saturated heterocycles. The smallest absolute Gasteiger partial charge is 0.0323 e. The van der Waals surface area contributed by atoms with Crippen LogP contribution in [0.1, 0.15) is 24.4 Å². The summed E-state index contributed by atoms with van der Waals surface area (Å²) in [4.78, 5) is 1.31. The Morgan fingerprint density at radius 3 is 2.85 bits per heavy atom. The standard InChI is InChI=1S/C11H15NS/c1-13-10-4-2-3-9(7-10)11(12)8-5-6-8/h2-4,7-8,11H,5-6,12H2,1H3/t11-/m1/s1. The summed E-state index contributed by atoms with van der Waals surface area (Å²) in [5.74, 6) is 0.747. The first-order chi connectivity index (χ1) is 6.31. The normalized spacial score (nSPS) is 18.6. The summed E-state index contributed by atoms with van der Waals surface area (Å²) in [5, 5.41) is 0. The lowest BCUT2D eigenvalue weighted by Crippen LogP contribution is -2.12. The maximum absolute atomic E-state index is 6.11. The van der Waals surface area contributed by atoms with Gasteiger partial charge in [0.25, 0.3) is 0 Å². The first-order valence-electron chi connectivity index (χ1n) is 4.71. The van der Waals surface area contributed by atoms with Gasteiger partial charge in [0, 0.05) is 10.9 Å². The van der Waals surface area contributed by atoms with Crippen molar-refractivity contribution < 1.29 is 0 Å². The highest BCUT2D eigenvalue weighted by Gasteiger charge is 2.29. The minimum Gasteiger partial charge on any atom is -0.324 e. The van der Waals surface area contributed by atoms with E-state index in [9.17, 15) is 0 Å². The number of hydrogen-bond donors (Lipinski definition) is 1. The van der Waals surface area contributed by atoms with Crippen molar-refractivity contribution in [1.29, 1.82) is 0 Å². The number of hydrogen-bond acceptors (Lipinski definition) is 2. The number of nitrogens with two attached hydrogens (primary N) is 1. The van der Waals surface area contributed by atoms with Crippen molar-refractivity contribution in [2.75, 3.05) is 6.26 Å². The molecule has 0 aromatic heterocycles. The van der Waals surface area contributed by atoms with Crippen molar-refractivity contribution in [3.05, 3.63) is 29.8 Å². The highest BCUT2D eigenvalue weighted by Crippen LogP contribution is 2.39. The molecule has 1 aromatic carbocycles. The van der Waals surface area contributed by atoms with Crippen LogP contribution in [0.3, 0.4) is 0 Å². The van der Waals surface area contributed by atoms with Crippen LogP contribution >= 0.6 is 11.8 Å². The first kappa shape index (κ1) is 9.10. The molecule has 0 amide bonds. The van der Waals surface area contributed by atoms with Gasteiger partial charge in [-0.2, -0.15) is 0 Å². The van der Waals surface area contributed by atoms with Gasteiger partial charge in [-0.3, -0.25) is 0 Å². The Morgan fingerprint density at radius 2 is 2.23 bits per heavy atom. The van der Waals surface area contributed by atoms with E-state index in [-0.39, 0.29) is 6.04 Å².